The minimum absolute atomic E-state index is 0.162. The van der Waals surface area contributed by atoms with Gasteiger partial charge < -0.3 is 0 Å². The summed E-state index contributed by atoms with van der Waals surface area (Å²) in [6.07, 6.45) is 0. The third-order valence-corrected chi connectivity index (χ3v) is 4.90. The maximum absolute atomic E-state index is 4.76. The van der Waals surface area contributed by atoms with Crippen LogP contribution in [0.1, 0.15) is 26.3 Å². The van der Waals surface area contributed by atoms with Crippen LogP contribution < -0.4 is 0 Å². The molecule has 102 valence electrons. The van der Waals surface area contributed by atoms with E-state index in [0.29, 0.717) is 0 Å². The Hall–Kier alpha value is -1.19. The van der Waals surface area contributed by atoms with Gasteiger partial charge in [0.25, 0.3) is 0 Å². The van der Waals surface area contributed by atoms with E-state index in [1.165, 1.54) is 15.8 Å². The molecule has 3 heteroatoms. The largest absolute Gasteiger partial charge is 0.236 e. The molecule has 0 fully saturated rings. The predicted molar refractivity (Wildman–Crippen MR) is 91.5 cm³/mol. The number of halogens is 1. The Morgan fingerprint density at radius 1 is 1.05 bits per heavy atom. The van der Waals surface area contributed by atoms with E-state index in [2.05, 4.69) is 79.2 Å². The molecule has 0 radical (unpaired) electrons. The molecule has 0 aliphatic carbocycles. The Bertz CT molecular complexity index is 768. The quantitative estimate of drug-likeness (QED) is 0.525. The van der Waals surface area contributed by atoms with Gasteiger partial charge in [-0.3, -0.25) is 0 Å². The molecule has 3 rings (SSSR count). The highest BCUT2D eigenvalue weighted by Crippen LogP contribution is 2.33. The molecule has 0 amide bonds. The minimum atomic E-state index is 0.162. The predicted octanol–water partition coefficient (Wildman–Crippen LogP) is 6.02. The van der Waals surface area contributed by atoms with E-state index >= 15 is 0 Å². The zero-order valence-corrected chi connectivity index (χ0v) is 14.2. The van der Waals surface area contributed by atoms with Gasteiger partial charge in [-0.2, -0.15) is 0 Å². The summed E-state index contributed by atoms with van der Waals surface area (Å²) in [5.41, 5.74) is 3.76. The van der Waals surface area contributed by atoms with Gasteiger partial charge in [0.2, 0.25) is 0 Å². The molecule has 0 aliphatic rings. The Kier molecular flexibility index (Phi) is 3.43. The smallest absolute Gasteiger partial charge is 0.124 e. The monoisotopic (exact) mass is 345 g/mol. The summed E-state index contributed by atoms with van der Waals surface area (Å²) in [7, 11) is 0. The van der Waals surface area contributed by atoms with Crippen LogP contribution in [0.4, 0.5) is 0 Å². The van der Waals surface area contributed by atoms with Crippen LogP contribution in [0.2, 0.25) is 0 Å². The second-order valence-corrected chi connectivity index (χ2v) is 7.91. The molecular formula is C17H16BrNS. The molecule has 2 aromatic carbocycles. The van der Waals surface area contributed by atoms with Gasteiger partial charge in [-0.15, -0.1) is 11.3 Å². The van der Waals surface area contributed by atoms with E-state index in [1.807, 2.05) is 0 Å². The summed E-state index contributed by atoms with van der Waals surface area (Å²) in [6, 6.07) is 15.0. The zero-order chi connectivity index (χ0) is 14.3. The first-order valence-electron chi connectivity index (χ1n) is 6.60. The second-order valence-electron chi connectivity index (χ2n) is 5.96. The lowest BCUT2D eigenvalue weighted by Crippen LogP contribution is -2.10. The van der Waals surface area contributed by atoms with E-state index in [1.54, 1.807) is 11.3 Å². The summed E-state index contributed by atoms with van der Waals surface area (Å²) >= 11 is 5.25. The fourth-order valence-electron chi connectivity index (χ4n) is 2.14. The van der Waals surface area contributed by atoms with Gasteiger partial charge in [0.1, 0.15) is 5.01 Å². The lowest BCUT2D eigenvalue weighted by molar-refractivity contribution is 0.590. The maximum Gasteiger partial charge on any atom is 0.124 e. The van der Waals surface area contributed by atoms with Crippen molar-refractivity contribution in [3.8, 4) is 10.6 Å². The van der Waals surface area contributed by atoms with Crippen molar-refractivity contribution >= 4 is 37.5 Å². The van der Waals surface area contributed by atoms with E-state index in [-0.39, 0.29) is 5.41 Å². The van der Waals surface area contributed by atoms with Gasteiger partial charge >= 0.3 is 0 Å². The lowest BCUT2D eigenvalue weighted by Gasteiger charge is -2.19. The van der Waals surface area contributed by atoms with E-state index < -0.39 is 0 Å². The Labute approximate surface area is 131 Å². The summed E-state index contributed by atoms with van der Waals surface area (Å²) in [6.45, 7) is 6.71. The number of rotatable bonds is 1. The molecule has 20 heavy (non-hydrogen) atoms. The highest BCUT2D eigenvalue weighted by molar-refractivity contribution is 9.10. The summed E-state index contributed by atoms with van der Waals surface area (Å²) < 4.78 is 2.30. The SMILES string of the molecule is CC(C)(C)c1cccc(-c2nc3cc(Br)ccc3s2)c1. The van der Waals surface area contributed by atoms with Gasteiger partial charge in [-0.05, 0) is 35.2 Å². The van der Waals surface area contributed by atoms with Crippen LogP contribution in [-0.4, -0.2) is 4.98 Å². The number of aromatic nitrogens is 1. The summed E-state index contributed by atoms with van der Waals surface area (Å²) in [4.78, 5) is 4.76. The average molecular weight is 346 g/mol. The number of hydrogen-bond acceptors (Lipinski definition) is 2. The number of fused-ring (bicyclic) bond motifs is 1. The van der Waals surface area contributed by atoms with Crippen LogP contribution in [0.3, 0.4) is 0 Å². The van der Waals surface area contributed by atoms with Crippen molar-refractivity contribution in [3.63, 3.8) is 0 Å². The van der Waals surface area contributed by atoms with Crippen LogP contribution >= 0.6 is 27.3 Å². The Morgan fingerprint density at radius 2 is 1.85 bits per heavy atom. The van der Waals surface area contributed by atoms with Crippen molar-refractivity contribution in [1.82, 2.24) is 4.98 Å². The lowest BCUT2D eigenvalue weighted by atomic mass is 9.86. The summed E-state index contributed by atoms with van der Waals surface area (Å²) in [5, 5.41) is 1.09. The maximum atomic E-state index is 4.76. The van der Waals surface area contributed by atoms with Gasteiger partial charge in [0.15, 0.2) is 0 Å². The van der Waals surface area contributed by atoms with Crippen molar-refractivity contribution in [1.29, 1.82) is 0 Å². The van der Waals surface area contributed by atoms with E-state index in [4.69, 9.17) is 4.98 Å². The number of thiazole rings is 1. The van der Waals surface area contributed by atoms with Crippen LogP contribution in [0.15, 0.2) is 46.9 Å². The molecule has 0 saturated carbocycles. The fourth-order valence-corrected chi connectivity index (χ4v) is 3.43. The first-order valence-corrected chi connectivity index (χ1v) is 8.21. The average Bonchev–Trinajstić information content (AvgIpc) is 2.81. The topological polar surface area (TPSA) is 12.9 Å². The normalized spacial score (nSPS) is 12.0. The molecule has 0 aliphatic heterocycles. The van der Waals surface area contributed by atoms with Crippen LogP contribution in [0.5, 0.6) is 0 Å². The molecule has 0 spiro atoms. The standard InChI is InChI=1S/C17H16BrNS/c1-17(2,3)12-6-4-5-11(9-12)16-19-14-10-13(18)7-8-15(14)20-16/h4-10H,1-3H3. The third-order valence-electron chi connectivity index (χ3n) is 3.33. The van der Waals surface area contributed by atoms with Crippen molar-refractivity contribution in [2.45, 2.75) is 26.2 Å². The van der Waals surface area contributed by atoms with E-state index in [0.717, 1.165) is 15.0 Å². The Balaban J connectivity index is 2.11. The first-order chi connectivity index (χ1) is 9.43. The van der Waals surface area contributed by atoms with Crippen LogP contribution in [0.25, 0.3) is 20.8 Å². The molecule has 3 aromatic rings. The van der Waals surface area contributed by atoms with Crippen LogP contribution in [0, 0.1) is 0 Å². The minimum Gasteiger partial charge on any atom is -0.236 e. The molecule has 0 atom stereocenters. The first kappa shape index (κ1) is 13.8. The number of nitrogens with zero attached hydrogens (tertiary/aromatic N) is 1. The molecule has 0 saturated heterocycles. The highest BCUT2D eigenvalue weighted by atomic mass is 79.9. The van der Waals surface area contributed by atoms with Gasteiger partial charge in [0.05, 0.1) is 10.2 Å². The van der Waals surface area contributed by atoms with Crippen molar-refractivity contribution in [3.05, 3.63) is 52.5 Å². The fraction of sp³-hybridized carbons (Fsp3) is 0.235. The van der Waals surface area contributed by atoms with Crippen LogP contribution in [-0.2, 0) is 5.41 Å². The number of benzene rings is 2. The van der Waals surface area contributed by atoms with Gasteiger partial charge in [-0.1, -0.05) is 54.9 Å². The molecule has 0 bridgehead atoms. The molecule has 0 N–H and O–H groups in total. The molecular weight excluding hydrogens is 330 g/mol. The van der Waals surface area contributed by atoms with Crippen molar-refractivity contribution < 1.29 is 0 Å². The zero-order valence-electron chi connectivity index (χ0n) is 11.8. The van der Waals surface area contributed by atoms with Crippen molar-refractivity contribution in [2.75, 3.05) is 0 Å². The van der Waals surface area contributed by atoms with Gasteiger partial charge in [-0.25, -0.2) is 4.98 Å². The van der Waals surface area contributed by atoms with E-state index in [9.17, 15) is 0 Å². The number of hydrogen-bond donors (Lipinski definition) is 0. The molecule has 0 unspecified atom stereocenters. The third kappa shape index (κ3) is 2.65. The highest BCUT2D eigenvalue weighted by Gasteiger charge is 2.15. The van der Waals surface area contributed by atoms with Crippen molar-refractivity contribution in [2.24, 2.45) is 0 Å². The summed E-state index contributed by atoms with van der Waals surface area (Å²) in [5.74, 6) is 0. The molecule has 1 heterocycles. The molecule has 1 nitrogen and oxygen atoms in total. The molecule has 1 aromatic heterocycles. The second kappa shape index (κ2) is 4.97. The van der Waals surface area contributed by atoms with Gasteiger partial charge in [0, 0.05) is 10.0 Å². The Morgan fingerprint density at radius 3 is 2.60 bits per heavy atom.